The highest BCUT2D eigenvalue weighted by Crippen LogP contribution is 2.30. The fraction of sp³-hybridized carbons (Fsp3) is 0.667. The highest BCUT2D eigenvalue weighted by molar-refractivity contribution is 7.11. The van der Waals surface area contributed by atoms with E-state index in [0.717, 1.165) is 41.3 Å². The molecule has 1 fully saturated rings. The van der Waals surface area contributed by atoms with Crippen molar-refractivity contribution in [3.05, 3.63) is 27.3 Å². The number of nitrogens with one attached hydrogen (secondary N) is 1. The molecule has 0 saturated carbocycles. The van der Waals surface area contributed by atoms with Gasteiger partial charge in [0.05, 0.1) is 23.9 Å². The van der Waals surface area contributed by atoms with Gasteiger partial charge in [-0.25, -0.2) is 9.78 Å². The van der Waals surface area contributed by atoms with Crippen molar-refractivity contribution in [1.82, 2.24) is 25.3 Å². The van der Waals surface area contributed by atoms with Crippen molar-refractivity contribution in [2.75, 3.05) is 20.3 Å². The van der Waals surface area contributed by atoms with E-state index in [1.54, 1.807) is 18.4 Å². The second-order valence-electron chi connectivity index (χ2n) is 6.63. The molecule has 27 heavy (non-hydrogen) atoms. The van der Waals surface area contributed by atoms with Crippen LogP contribution in [0.2, 0.25) is 0 Å². The van der Waals surface area contributed by atoms with Gasteiger partial charge in [-0.1, -0.05) is 12.1 Å². The molecule has 148 valence electrons. The van der Waals surface area contributed by atoms with E-state index in [9.17, 15) is 4.79 Å². The van der Waals surface area contributed by atoms with Crippen LogP contribution in [0, 0.1) is 6.92 Å². The van der Waals surface area contributed by atoms with Crippen molar-refractivity contribution in [3.63, 3.8) is 0 Å². The van der Waals surface area contributed by atoms with Gasteiger partial charge in [0.2, 0.25) is 5.89 Å². The van der Waals surface area contributed by atoms with Crippen LogP contribution >= 0.6 is 11.3 Å². The molecule has 1 unspecified atom stereocenters. The van der Waals surface area contributed by atoms with E-state index >= 15 is 0 Å². The molecule has 1 aliphatic rings. The lowest BCUT2D eigenvalue weighted by Crippen LogP contribution is -2.44. The predicted molar refractivity (Wildman–Crippen MR) is 102 cm³/mol. The molecule has 2 aromatic rings. The molecule has 1 aliphatic heterocycles. The number of nitrogens with zero attached hydrogens (tertiary/aromatic N) is 4. The number of methoxy groups -OCH3 is 1. The Morgan fingerprint density at radius 2 is 2.26 bits per heavy atom. The minimum atomic E-state index is -0.170. The summed E-state index contributed by atoms with van der Waals surface area (Å²) in [6, 6.07) is -0.265. The zero-order valence-corrected chi connectivity index (χ0v) is 17.0. The molecule has 1 N–H and O–H groups in total. The van der Waals surface area contributed by atoms with E-state index in [2.05, 4.69) is 27.4 Å². The third-order valence-corrected chi connectivity index (χ3v) is 6.00. The fourth-order valence-corrected chi connectivity index (χ4v) is 4.14. The number of ether oxygens (including phenoxy) is 1. The predicted octanol–water partition coefficient (Wildman–Crippen LogP) is 3.02. The number of aromatic nitrogens is 3. The Kier molecular flexibility index (Phi) is 6.78. The molecule has 0 aliphatic carbocycles. The summed E-state index contributed by atoms with van der Waals surface area (Å²) in [7, 11) is 1.64. The number of carbonyl (C=O) groups excluding carboxylic acids is 1. The van der Waals surface area contributed by atoms with Gasteiger partial charge in [-0.15, -0.1) is 11.3 Å². The Labute approximate surface area is 163 Å². The minimum Gasteiger partial charge on any atom is -0.384 e. The molecule has 0 aromatic carbocycles. The van der Waals surface area contributed by atoms with Gasteiger partial charge in [-0.2, -0.15) is 4.98 Å². The number of hydrogen-bond donors (Lipinski definition) is 1. The topological polar surface area (TPSA) is 93.4 Å². The van der Waals surface area contributed by atoms with Crippen LogP contribution in [0.1, 0.15) is 59.5 Å². The fourth-order valence-electron chi connectivity index (χ4n) is 3.19. The number of carbonyl (C=O) groups is 1. The summed E-state index contributed by atoms with van der Waals surface area (Å²) in [4.78, 5) is 24.7. The number of hydrogen-bond acceptors (Lipinski definition) is 7. The number of rotatable bonds is 7. The highest BCUT2D eigenvalue weighted by atomic mass is 32.1. The monoisotopic (exact) mass is 393 g/mol. The van der Waals surface area contributed by atoms with E-state index < -0.39 is 0 Å². The quantitative estimate of drug-likeness (QED) is 0.777. The first-order valence-electron chi connectivity index (χ1n) is 9.43. The summed E-state index contributed by atoms with van der Waals surface area (Å²) in [6.45, 7) is 5.80. The van der Waals surface area contributed by atoms with E-state index in [4.69, 9.17) is 9.26 Å². The lowest BCUT2D eigenvalue weighted by atomic mass is 10.0. The number of aryl methyl sites for hydroxylation is 2. The molecular formula is C18H27N5O3S. The normalized spacial score (nSPS) is 17.3. The molecule has 1 atom stereocenters. The molecule has 2 amide bonds. The molecule has 2 aromatic heterocycles. The molecule has 0 spiro atoms. The minimum absolute atomic E-state index is 0.0952. The van der Waals surface area contributed by atoms with E-state index in [0.29, 0.717) is 37.8 Å². The van der Waals surface area contributed by atoms with Crippen LogP contribution in [-0.2, 0) is 24.1 Å². The van der Waals surface area contributed by atoms with Crippen LogP contribution in [0.3, 0.4) is 0 Å². The standard InChI is InChI=1S/C18H27N5O3S/c1-4-16-20-12(2)14(27-16)11-19-18(24)23-9-6-5-7-13(23)17-21-15(22-26-17)8-10-25-3/h13H,4-11H2,1-3H3,(H,19,24). The second kappa shape index (κ2) is 9.27. The maximum Gasteiger partial charge on any atom is 0.318 e. The molecule has 8 nitrogen and oxygen atoms in total. The van der Waals surface area contributed by atoms with Gasteiger partial charge in [0.1, 0.15) is 6.04 Å². The lowest BCUT2D eigenvalue weighted by molar-refractivity contribution is 0.131. The van der Waals surface area contributed by atoms with Gasteiger partial charge in [-0.05, 0) is 32.6 Å². The number of thiazole rings is 1. The average Bonchev–Trinajstić information content (AvgIpc) is 3.30. The van der Waals surface area contributed by atoms with Gasteiger partial charge in [0, 0.05) is 25.0 Å². The Bertz CT molecular complexity index is 760. The number of urea groups is 1. The van der Waals surface area contributed by atoms with E-state index in [-0.39, 0.29) is 12.1 Å². The van der Waals surface area contributed by atoms with Crippen molar-refractivity contribution >= 4 is 17.4 Å². The van der Waals surface area contributed by atoms with Crippen LogP contribution in [0.15, 0.2) is 4.52 Å². The summed E-state index contributed by atoms with van der Waals surface area (Å²) in [5.74, 6) is 1.13. The third kappa shape index (κ3) is 4.84. The van der Waals surface area contributed by atoms with Crippen LogP contribution in [0.25, 0.3) is 0 Å². The third-order valence-electron chi connectivity index (χ3n) is 4.70. The summed E-state index contributed by atoms with van der Waals surface area (Å²) < 4.78 is 10.5. The highest BCUT2D eigenvalue weighted by Gasteiger charge is 2.32. The number of piperidine rings is 1. The van der Waals surface area contributed by atoms with Gasteiger partial charge in [-0.3, -0.25) is 0 Å². The van der Waals surface area contributed by atoms with Gasteiger partial charge < -0.3 is 19.5 Å². The molecular weight excluding hydrogens is 366 g/mol. The second-order valence-corrected chi connectivity index (χ2v) is 7.79. The maximum absolute atomic E-state index is 12.8. The van der Waals surface area contributed by atoms with Crippen LogP contribution in [0.5, 0.6) is 0 Å². The number of likely N-dealkylation sites (tertiary alicyclic amines) is 1. The molecule has 0 radical (unpaired) electrons. The van der Waals surface area contributed by atoms with Crippen molar-refractivity contribution in [1.29, 1.82) is 0 Å². The number of amides is 2. The van der Waals surface area contributed by atoms with Crippen molar-refractivity contribution in [2.24, 2.45) is 0 Å². The van der Waals surface area contributed by atoms with E-state index in [1.807, 2.05) is 11.8 Å². The Balaban J connectivity index is 1.64. The van der Waals surface area contributed by atoms with Gasteiger partial charge in [0.25, 0.3) is 0 Å². The summed E-state index contributed by atoms with van der Waals surface area (Å²) in [6.07, 6.45) is 4.37. The maximum atomic E-state index is 12.8. The Morgan fingerprint density at radius 3 is 3.00 bits per heavy atom. The lowest BCUT2D eigenvalue weighted by Gasteiger charge is -2.33. The molecule has 3 rings (SSSR count). The van der Waals surface area contributed by atoms with Crippen molar-refractivity contribution in [3.8, 4) is 0 Å². The van der Waals surface area contributed by atoms with Crippen molar-refractivity contribution in [2.45, 2.75) is 58.5 Å². The summed E-state index contributed by atoms with van der Waals surface area (Å²) in [5, 5.41) is 8.14. The van der Waals surface area contributed by atoms with Crippen LogP contribution < -0.4 is 5.32 Å². The molecule has 1 saturated heterocycles. The molecule has 9 heteroatoms. The largest absolute Gasteiger partial charge is 0.384 e. The zero-order valence-electron chi connectivity index (χ0n) is 16.2. The van der Waals surface area contributed by atoms with Gasteiger partial charge in [0.15, 0.2) is 5.82 Å². The smallest absolute Gasteiger partial charge is 0.318 e. The van der Waals surface area contributed by atoms with E-state index in [1.165, 1.54) is 0 Å². The molecule has 0 bridgehead atoms. The first-order valence-corrected chi connectivity index (χ1v) is 10.2. The van der Waals surface area contributed by atoms with Crippen LogP contribution in [0.4, 0.5) is 4.79 Å². The Morgan fingerprint density at radius 1 is 1.41 bits per heavy atom. The summed E-state index contributed by atoms with van der Waals surface area (Å²) in [5.41, 5.74) is 0.993. The Hall–Kier alpha value is -2.00. The SMILES string of the molecule is CCc1nc(C)c(CNC(=O)N2CCCCC2c2nc(CCOC)no2)s1. The zero-order chi connectivity index (χ0) is 19.2. The van der Waals surface area contributed by atoms with Gasteiger partial charge >= 0.3 is 6.03 Å². The van der Waals surface area contributed by atoms with Crippen LogP contribution in [-0.4, -0.2) is 46.3 Å². The van der Waals surface area contributed by atoms with Crippen molar-refractivity contribution < 1.29 is 14.1 Å². The first kappa shape index (κ1) is 19.8. The summed E-state index contributed by atoms with van der Waals surface area (Å²) >= 11 is 1.66. The first-order chi connectivity index (χ1) is 13.1. The molecule has 3 heterocycles. The average molecular weight is 394 g/mol.